The summed E-state index contributed by atoms with van der Waals surface area (Å²) in [7, 11) is -3.59. The number of hydrogen-bond donors (Lipinski definition) is 1. The van der Waals surface area contributed by atoms with Crippen molar-refractivity contribution in [3.8, 4) is 5.75 Å². The van der Waals surface area contributed by atoms with Crippen molar-refractivity contribution in [1.29, 1.82) is 0 Å². The van der Waals surface area contributed by atoms with Crippen LogP contribution >= 0.6 is 0 Å². The SMILES string of the molecule is Cc1ccc2c(c1)OC(C)(C)C[C@@H]2NC(=O)c1ccc(S(=O)(=O)N2CCOCC2)cc1. The number of rotatable bonds is 4. The van der Waals surface area contributed by atoms with Crippen LogP contribution in [0.3, 0.4) is 0 Å². The highest BCUT2D eigenvalue weighted by Gasteiger charge is 2.35. The first-order valence-corrected chi connectivity index (χ1v) is 11.9. The second kappa shape index (κ2) is 8.26. The van der Waals surface area contributed by atoms with Crippen LogP contribution in [0.4, 0.5) is 0 Å². The lowest BCUT2D eigenvalue weighted by atomic mass is 9.89. The normalized spacial score (nSPS) is 21.1. The van der Waals surface area contributed by atoms with Crippen molar-refractivity contribution in [2.75, 3.05) is 26.3 Å². The predicted octanol–water partition coefficient (Wildman–Crippen LogP) is 3.05. The molecular formula is C23H28N2O5S. The minimum Gasteiger partial charge on any atom is -0.487 e. The second-order valence-corrected chi connectivity index (χ2v) is 10.6. The Hall–Kier alpha value is -2.42. The van der Waals surface area contributed by atoms with Crippen molar-refractivity contribution < 1.29 is 22.7 Å². The standard InChI is InChI=1S/C23H28N2O5S/c1-16-4-9-19-20(15-23(2,3)30-21(19)14-16)24-22(26)17-5-7-18(8-6-17)31(27,28)25-10-12-29-13-11-25/h4-9,14,20H,10-13,15H2,1-3H3,(H,24,26)/t20-/m0/s1. The number of sulfonamides is 1. The van der Waals surface area contributed by atoms with E-state index in [-0.39, 0.29) is 16.8 Å². The number of carbonyl (C=O) groups is 1. The van der Waals surface area contributed by atoms with Crippen LogP contribution < -0.4 is 10.1 Å². The number of carbonyl (C=O) groups excluding carboxylic acids is 1. The lowest BCUT2D eigenvalue weighted by Crippen LogP contribution is -2.41. The molecule has 0 bridgehead atoms. The third-order valence-corrected chi connectivity index (χ3v) is 7.57. The molecule has 2 heterocycles. The number of ether oxygens (including phenoxy) is 2. The van der Waals surface area contributed by atoms with Crippen LogP contribution in [0.1, 0.15) is 47.8 Å². The fourth-order valence-electron chi connectivity index (χ4n) is 4.04. The zero-order valence-electron chi connectivity index (χ0n) is 18.1. The van der Waals surface area contributed by atoms with Gasteiger partial charge in [-0.15, -0.1) is 0 Å². The summed E-state index contributed by atoms with van der Waals surface area (Å²) >= 11 is 0. The zero-order valence-corrected chi connectivity index (χ0v) is 18.9. The number of nitrogens with one attached hydrogen (secondary N) is 1. The van der Waals surface area contributed by atoms with E-state index in [0.717, 1.165) is 16.9 Å². The van der Waals surface area contributed by atoms with Crippen molar-refractivity contribution in [2.45, 2.75) is 43.7 Å². The van der Waals surface area contributed by atoms with E-state index in [2.05, 4.69) is 5.32 Å². The molecule has 0 aliphatic carbocycles. The monoisotopic (exact) mass is 444 g/mol. The molecule has 1 amide bonds. The summed E-state index contributed by atoms with van der Waals surface area (Å²) in [6.07, 6.45) is 0.637. The topological polar surface area (TPSA) is 84.9 Å². The van der Waals surface area contributed by atoms with Gasteiger partial charge in [0.05, 0.1) is 24.2 Å². The van der Waals surface area contributed by atoms with Crippen molar-refractivity contribution in [1.82, 2.24) is 9.62 Å². The van der Waals surface area contributed by atoms with Crippen molar-refractivity contribution in [3.63, 3.8) is 0 Å². The number of benzene rings is 2. The third kappa shape index (κ3) is 4.61. The number of hydrogen-bond acceptors (Lipinski definition) is 5. The number of nitrogens with zero attached hydrogens (tertiary/aromatic N) is 1. The molecule has 166 valence electrons. The van der Waals surface area contributed by atoms with E-state index in [9.17, 15) is 13.2 Å². The van der Waals surface area contributed by atoms with Crippen LogP contribution in [-0.4, -0.2) is 50.5 Å². The Morgan fingerprint density at radius 1 is 1.10 bits per heavy atom. The van der Waals surface area contributed by atoms with Crippen LogP contribution in [0.2, 0.25) is 0 Å². The Bertz CT molecular complexity index is 1070. The van der Waals surface area contributed by atoms with Crippen LogP contribution in [0.5, 0.6) is 5.75 Å². The Kier molecular flexibility index (Phi) is 5.81. The first kappa shape index (κ1) is 21.8. The van der Waals surface area contributed by atoms with E-state index in [1.165, 1.54) is 16.4 Å². The molecule has 7 nitrogen and oxygen atoms in total. The number of morpholine rings is 1. The van der Waals surface area contributed by atoms with Gasteiger partial charge in [0.1, 0.15) is 11.4 Å². The van der Waals surface area contributed by atoms with E-state index < -0.39 is 15.6 Å². The fourth-order valence-corrected chi connectivity index (χ4v) is 5.45. The van der Waals surface area contributed by atoms with Gasteiger partial charge in [0.15, 0.2) is 0 Å². The fraction of sp³-hybridized carbons (Fsp3) is 0.435. The van der Waals surface area contributed by atoms with Gasteiger partial charge < -0.3 is 14.8 Å². The van der Waals surface area contributed by atoms with E-state index in [1.54, 1.807) is 12.1 Å². The second-order valence-electron chi connectivity index (χ2n) is 8.67. The molecular weight excluding hydrogens is 416 g/mol. The van der Waals surface area contributed by atoms with Crippen molar-refractivity contribution in [2.24, 2.45) is 0 Å². The third-order valence-electron chi connectivity index (χ3n) is 5.66. The van der Waals surface area contributed by atoms with Gasteiger partial charge in [-0.1, -0.05) is 12.1 Å². The highest BCUT2D eigenvalue weighted by molar-refractivity contribution is 7.89. The smallest absolute Gasteiger partial charge is 0.251 e. The minimum atomic E-state index is -3.59. The van der Waals surface area contributed by atoms with Gasteiger partial charge in [-0.3, -0.25) is 4.79 Å². The first-order valence-electron chi connectivity index (χ1n) is 10.4. The van der Waals surface area contributed by atoms with Crippen LogP contribution in [0.25, 0.3) is 0 Å². The highest BCUT2D eigenvalue weighted by Crippen LogP contribution is 2.40. The molecule has 1 saturated heterocycles. The molecule has 2 aliphatic heterocycles. The molecule has 1 atom stereocenters. The molecule has 0 aromatic heterocycles. The van der Waals surface area contributed by atoms with Gasteiger partial charge in [0.25, 0.3) is 5.91 Å². The van der Waals surface area contributed by atoms with Gasteiger partial charge in [-0.05, 0) is 56.7 Å². The average Bonchev–Trinajstić information content (AvgIpc) is 2.73. The lowest BCUT2D eigenvalue weighted by molar-refractivity contribution is 0.0619. The summed E-state index contributed by atoms with van der Waals surface area (Å²) in [6, 6.07) is 11.9. The van der Waals surface area contributed by atoms with Gasteiger partial charge in [0.2, 0.25) is 10.0 Å². The molecule has 31 heavy (non-hydrogen) atoms. The van der Waals surface area contributed by atoms with Gasteiger partial charge in [0, 0.05) is 30.6 Å². The Labute approximate surface area is 183 Å². The zero-order chi connectivity index (χ0) is 22.2. The van der Waals surface area contributed by atoms with Crippen molar-refractivity contribution in [3.05, 3.63) is 59.2 Å². The maximum atomic E-state index is 12.9. The number of amides is 1. The first-order chi connectivity index (χ1) is 14.7. The minimum absolute atomic E-state index is 0.180. The summed E-state index contributed by atoms with van der Waals surface area (Å²) in [5.74, 6) is 0.540. The molecule has 1 fully saturated rings. The summed E-state index contributed by atoms with van der Waals surface area (Å²) in [6.45, 7) is 7.47. The number of aryl methyl sites for hydroxylation is 1. The largest absolute Gasteiger partial charge is 0.487 e. The van der Waals surface area contributed by atoms with Crippen LogP contribution in [0, 0.1) is 6.92 Å². The summed E-state index contributed by atoms with van der Waals surface area (Å²) in [4.78, 5) is 13.1. The molecule has 2 aromatic carbocycles. The predicted molar refractivity (Wildman–Crippen MR) is 117 cm³/mol. The maximum Gasteiger partial charge on any atom is 0.251 e. The summed E-state index contributed by atoms with van der Waals surface area (Å²) in [5.41, 5.74) is 2.05. The molecule has 0 radical (unpaired) electrons. The van der Waals surface area contributed by atoms with Gasteiger partial charge in [-0.25, -0.2) is 8.42 Å². The number of fused-ring (bicyclic) bond motifs is 1. The average molecular weight is 445 g/mol. The molecule has 1 N–H and O–H groups in total. The Balaban J connectivity index is 1.52. The molecule has 4 rings (SSSR count). The van der Waals surface area contributed by atoms with E-state index in [4.69, 9.17) is 9.47 Å². The molecule has 0 spiro atoms. The van der Waals surface area contributed by atoms with E-state index in [1.807, 2.05) is 39.0 Å². The molecule has 0 unspecified atom stereocenters. The van der Waals surface area contributed by atoms with E-state index >= 15 is 0 Å². The van der Waals surface area contributed by atoms with Gasteiger partial charge >= 0.3 is 0 Å². The lowest BCUT2D eigenvalue weighted by Gasteiger charge is -2.38. The molecule has 8 heteroatoms. The molecule has 2 aliphatic rings. The summed E-state index contributed by atoms with van der Waals surface area (Å²) in [5, 5.41) is 3.09. The van der Waals surface area contributed by atoms with Crippen molar-refractivity contribution >= 4 is 15.9 Å². The Morgan fingerprint density at radius 3 is 2.45 bits per heavy atom. The van der Waals surface area contributed by atoms with Crippen LogP contribution in [-0.2, 0) is 14.8 Å². The van der Waals surface area contributed by atoms with Gasteiger partial charge in [-0.2, -0.15) is 4.31 Å². The quantitative estimate of drug-likeness (QED) is 0.784. The maximum absolute atomic E-state index is 12.9. The van der Waals surface area contributed by atoms with E-state index in [0.29, 0.717) is 38.3 Å². The summed E-state index contributed by atoms with van der Waals surface area (Å²) < 4.78 is 38.3. The van der Waals surface area contributed by atoms with Crippen LogP contribution in [0.15, 0.2) is 47.4 Å². The molecule has 2 aromatic rings. The molecule has 0 saturated carbocycles. The highest BCUT2D eigenvalue weighted by atomic mass is 32.2. The Morgan fingerprint density at radius 2 is 1.77 bits per heavy atom.